The lowest BCUT2D eigenvalue weighted by Crippen LogP contribution is -1.90. The summed E-state index contributed by atoms with van der Waals surface area (Å²) in [7, 11) is 0.833. The zero-order valence-corrected chi connectivity index (χ0v) is 7.26. The van der Waals surface area contributed by atoms with Gasteiger partial charge < -0.3 is 4.12 Å². The minimum Gasteiger partial charge on any atom is -0.481 e. The molecule has 0 unspecified atom stereocenters. The van der Waals surface area contributed by atoms with Crippen LogP contribution in [0.25, 0.3) is 0 Å². The van der Waals surface area contributed by atoms with Crippen LogP contribution in [0.15, 0.2) is 0 Å². The van der Waals surface area contributed by atoms with E-state index in [0.29, 0.717) is 0 Å². The van der Waals surface area contributed by atoms with Crippen molar-refractivity contribution in [2.45, 2.75) is 0 Å². The standard InChI is InChI=1S/Al.H5OSi2/c;2-1-3/h;2H2,3H3. The average Bonchev–Trinajstić information content (AvgIpc) is 1.37. The monoisotopic (exact) mass is 104 g/mol. The summed E-state index contributed by atoms with van der Waals surface area (Å²) in [6, 6.07) is 0. The fourth-order valence-corrected chi connectivity index (χ4v) is 0. The molecule has 22 valence electrons. The van der Waals surface area contributed by atoms with Gasteiger partial charge in [-0.15, -0.1) is 0 Å². The summed E-state index contributed by atoms with van der Waals surface area (Å²) < 4.78 is 4.78. The second kappa shape index (κ2) is 3.93. The summed E-state index contributed by atoms with van der Waals surface area (Å²) in [6.07, 6.45) is 0. The molecule has 0 N–H and O–H groups in total. The molecule has 0 aliphatic rings. The maximum atomic E-state index is 4.78. The molecule has 0 saturated carbocycles. The van der Waals surface area contributed by atoms with Crippen molar-refractivity contribution < 1.29 is 4.12 Å². The molecule has 0 saturated heterocycles. The Morgan fingerprint density at radius 2 is 2.25 bits per heavy atom. The summed E-state index contributed by atoms with van der Waals surface area (Å²) in [5.41, 5.74) is 0. The van der Waals surface area contributed by atoms with E-state index in [-0.39, 0.29) is 8.32 Å². The molecule has 0 rings (SSSR count). The van der Waals surface area contributed by atoms with E-state index in [1.165, 1.54) is 0 Å². The Balaban J connectivity index is 1.97. The third-order valence-electron chi connectivity index (χ3n) is 0.167. The van der Waals surface area contributed by atoms with Gasteiger partial charge in [-0.3, -0.25) is 0 Å². The molecule has 0 aliphatic carbocycles. The van der Waals surface area contributed by atoms with Crippen molar-refractivity contribution in [1.82, 2.24) is 0 Å². The van der Waals surface area contributed by atoms with E-state index >= 15 is 0 Å². The zero-order chi connectivity index (χ0) is 3.41. The molecule has 0 amide bonds. The smallest absolute Gasteiger partial charge is 0.144 e. The topological polar surface area (TPSA) is 9.23 Å². The van der Waals surface area contributed by atoms with Crippen LogP contribution >= 0.6 is 0 Å². The zero-order valence-electron chi connectivity index (χ0n) is 2.69. The Labute approximate surface area is 39.1 Å². The fourth-order valence-electron chi connectivity index (χ4n) is 0. The minimum atomic E-state index is -0.0972. The molecule has 0 aromatic carbocycles. The van der Waals surface area contributed by atoms with Gasteiger partial charge in [-0.05, 0) is 0 Å². The molecule has 4 heteroatoms. The van der Waals surface area contributed by atoms with Gasteiger partial charge in [0.15, 0.2) is 0 Å². The van der Waals surface area contributed by atoms with Crippen LogP contribution in [0.3, 0.4) is 0 Å². The first-order valence-corrected chi connectivity index (χ1v) is 5.77. The average molecular weight is 104 g/mol. The second-order valence-electron chi connectivity index (χ2n) is 0.455. The van der Waals surface area contributed by atoms with Gasteiger partial charge >= 0.3 is 0 Å². The second-order valence-corrected chi connectivity index (χ2v) is 4.10. The van der Waals surface area contributed by atoms with Gasteiger partial charge in [0, 0.05) is 0 Å². The molecule has 0 aliphatic heterocycles. The lowest BCUT2D eigenvalue weighted by Gasteiger charge is -1.77. The van der Waals surface area contributed by atoms with E-state index in [9.17, 15) is 0 Å². The Bertz CT molecular complexity index is 8.00. The fraction of sp³-hybridized carbons (Fsp3) is 0. The van der Waals surface area contributed by atoms with Crippen LogP contribution in [-0.2, 0) is 4.12 Å². The largest absolute Gasteiger partial charge is 0.481 e. The van der Waals surface area contributed by atoms with Crippen LogP contribution < -0.4 is 0 Å². The van der Waals surface area contributed by atoms with Crippen molar-refractivity contribution >= 4 is 34.5 Å². The molecule has 0 atom stereocenters. The maximum absolute atomic E-state index is 4.78. The van der Waals surface area contributed by atoms with E-state index < -0.39 is 0 Å². The van der Waals surface area contributed by atoms with Crippen molar-refractivity contribution in [3.05, 3.63) is 0 Å². The van der Waals surface area contributed by atoms with E-state index in [0.717, 1.165) is 10.5 Å². The Kier molecular flexibility index (Phi) is 4.84. The Hall–Kier alpha value is 0.926. The first kappa shape index (κ1) is 4.93. The quantitative estimate of drug-likeness (QED) is 0.333. The highest BCUT2D eigenvalue weighted by atomic mass is 28.7. The van der Waals surface area contributed by atoms with Gasteiger partial charge in [0.25, 0.3) is 0 Å². The molecular formula is H5AlOSi2. The summed E-state index contributed by atoms with van der Waals surface area (Å²) in [4.78, 5) is 0. The lowest BCUT2D eigenvalue weighted by atomic mass is 15.8. The molecular weight excluding hydrogens is 99.2 g/mol. The molecule has 0 heterocycles. The van der Waals surface area contributed by atoms with Crippen LogP contribution in [0.5, 0.6) is 0 Å². The molecule has 0 aromatic rings. The predicted molar refractivity (Wildman–Crippen MR) is 25.3 cm³/mol. The predicted octanol–water partition coefficient (Wildman–Crippen LogP) is -2.55. The molecule has 4 heavy (non-hydrogen) atoms. The third-order valence-corrected chi connectivity index (χ3v) is 4.50. The number of hydrogen-bond acceptors (Lipinski definition) is 1. The van der Waals surface area contributed by atoms with Crippen molar-refractivity contribution in [2.75, 3.05) is 0 Å². The van der Waals surface area contributed by atoms with Gasteiger partial charge in [0.05, 0.1) is 8.32 Å². The van der Waals surface area contributed by atoms with Crippen LogP contribution in [0.2, 0.25) is 0 Å². The molecule has 1 nitrogen and oxygen atoms in total. The normalized spacial score (nSPS) is 11.0. The van der Waals surface area contributed by atoms with E-state index in [1.807, 2.05) is 0 Å². The van der Waals surface area contributed by atoms with E-state index in [4.69, 9.17) is 4.12 Å². The first-order valence-electron chi connectivity index (χ1n) is 1.11. The summed E-state index contributed by atoms with van der Waals surface area (Å²) in [6.45, 7) is 0. The van der Waals surface area contributed by atoms with E-state index in [1.54, 1.807) is 0 Å². The molecule has 0 fully saturated rings. The highest BCUT2D eigenvalue weighted by Crippen LogP contribution is 1.36. The molecule has 2 radical (unpaired) electrons. The molecule has 0 spiro atoms. The van der Waals surface area contributed by atoms with Crippen LogP contribution in [0.1, 0.15) is 0 Å². The van der Waals surface area contributed by atoms with Gasteiger partial charge in [-0.2, -0.15) is 0 Å². The molecule has 0 bridgehead atoms. The van der Waals surface area contributed by atoms with Gasteiger partial charge in [0.2, 0.25) is 0 Å². The highest BCUT2D eigenvalue weighted by molar-refractivity contribution is 6.86. The van der Waals surface area contributed by atoms with Crippen LogP contribution in [0, 0.1) is 0 Å². The first-order chi connectivity index (χ1) is 1.91. The minimum absolute atomic E-state index is 0.0972. The van der Waals surface area contributed by atoms with Crippen molar-refractivity contribution in [1.29, 1.82) is 0 Å². The summed E-state index contributed by atoms with van der Waals surface area (Å²) in [5, 5.41) is 0. The molecule has 0 aromatic heterocycles. The van der Waals surface area contributed by atoms with Crippen molar-refractivity contribution in [2.24, 2.45) is 0 Å². The van der Waals surface area contributed by atoms with E-state index in [2.05, 4.69) is 15.6 Å². The Morgan fingerprint density at radius 3 is 2.25 bits per heavy atom. The van der Waals surface area contributed by atoms with Crippen LogP contribution in [-0.4, -0.2) is 34.5 Å². The van der Waals surface area contributed by atoms with Crippen molar-refractivity contribution in [3.8, 4) is 0 Å². The summed E-state index contributed by atoms with van der Waals surface area (Å²) >= 11 is 2.61. The summed E-state index contributed by atoms with van der Waals surface area (Å²) in [5.74, 6) is 0. The SMILES string of the molecule is [Al][SiH2]O[SiH3]. The maximum Gasteiger partial charge on any atom is 0.144 e. The van der Waals surface area contributed by atoms with Gasteiger partial charge in [-0.25, -0.2) is 0 Å². The number of hydrogen-bond donors (Lipinski definition) is 0. The van der Waals surface area contributed by atoms with Crippen molar-refractivity contribution in [3.63, 3.8) is 0 Å². The van der Waals surface area contributed by atoms with Gasteiger partial charge in [0.1, 0.15) is 26.1 Å². The number of rotatable bonds is 1. The lowest BCUT2D eigenvalue weighted by molar-refractivity contribution is 0.683. The Morgan fingerprint density at radius 1 is 2.00 bits per heavy atom. The van der Waals surface area contributed by atoms with Gasteiger partial charge in [-0.1, -0.05) is 0 Å². The van der Waals surface area contributed by atoms with Crippen LogP contribution in [0.4, 0.5) is 0 Å². The highest BCUT2D eigenvalue weighted by Gasteiger charge is 1.54. The third kappa shape index (κ3) is 2.93.